The highest BCUT2D eigenvalue weighted by atomic mass is 32.2. The monoisotopic (exact) mass is 483 g/mol. The molecule has 0 saturated heterocycles. The Morgan fingerprint density at radius 1 is 1.00 bits per heavy atom. The Morgan fingerprint density at radius 2 is 1.68 bits per heavy atom. The molecule has 3 rings (SSSR count). The van der Waals surface area contributed by atoms with Gasteiger partial charge in [0.25, 0.3) is 5.91 Å². The lowest BCUT2D eigenvalue weighted by Crippen LogP contribution is -2.39. The van der Waals surface area contributed by atoms with E-state index in [1.807, 2.05) is 6.07 Å². The number of benzene rings is 3. The number of phenolic OH excluding ortho intramolecular Hbond substituents is 1. The third-order valence-electron chi connectivity index (χ3n) is 4.84. The first-order chi connectivity index (χ1) is 16.3. The normalized spacial score (nSPS) is 11.5. The maximum Gasteiger partial charge on any atom is 0.255 e. The number of phenols is 1. The van der Waals surface area contributed by atoms with Crippen molar-refractivity contribution < 1.29 is 27.8 Å². The minimum atomic E-state index is -4.09. The van der Waals surface area contributed by atoms with Gasteiger partial charge in [-0.2, -0.15) is 9.41 Å². The van der Waals surface area contributed by atoms with E-state index in [-0.39, 0.29) is 22.9 Å². The third kappa shape index (κ3) is 6.12. The molecule has 3 aromatic rings. The maximum atomic E-state index is 13.5. The molecule has 10 heteroatoms. The van der Waals surface area contributed by atoms with Crippen molar-refractivity contribution in [3.05, 3.63) is 83.9 Å². The molecule has 0 unspecified atom stereocenters. The maximum absolute atomic E-state index is 13.5. The summed E-state index contributed by atoms with van der Waals surface area (Å²) in [5, 5.41) is 13.6. The smallest absolute Gasteiger partial charge is 0.255 e. The molecule has 0 aliphatic carbocycles. The van der Waals surface area contributed by atoms with Crippen LogP contribution in [0.4, 0.5) is 0 Å². The topological polar surface area (TPSA) is 118 Å². The predicted molar refractivity (Wildman–Crippen MR) is 127 cm³/mol. The molecular weight excluding hydrogens is 458 g/mol. The molecule has 0 heterocycles. The number of methoxy groups -OCH3 is 2. The van der Waals surface area contributed by atoms with Crippen molar-refractivity contribution in [1.82, 2.24) is 9.73 Å². The summed E-state index contributed by atoms with van der Waals surface area (Å²) in [6.07, 6.45) is 1.28. The second kappa shape index (κ2) is 11.3. The number of nitrogens with one attached hydrogen (secondary N) is 1. The van der Waals surface area contributed by atoms with Crippen LogP contribution in [0, 0.1) is 0 Å². The molecule has 0 atom stereocenters. The van der Waals surface area contributed by atoms with E-state index in [4.69, 9.17) is 9.47 Å². The van der Waals surface area contributed by atoms with Crippen molar-refractivity contribution in [2.24, 2.45) is 5.10 Å². The summed E-state index contributed by atoms with van der Waals surface area (Å²) in [6.45, 7) is -0.516. The zero-order valence-corrected chi connectivity index (χ0v) is 19.5. The predicted octanol–water partition coefficient (Wildman–Crippen LogP) is 2.75. The lowest BCUT2D eigenvalue weighted by Gasteiger charge is -2.22. The molecule has 0 spiro atoms. The number of hydrogen-bond acceptors (Lipinski definition) is 7. The van der Waals surface area contributed by atoms with E-state index >= 15 is 0 Å². The van der Waals surface area contributed by atoms with Crippen molar-refractivity contribution in [2.45, 2.75) is 11.4 Å². The largest absolute Gasteiger partial charge is 0.507 e. The van der Waals surface area contributed by atoms with Gasteiger partial charge in [0.15, 0.2) is 11.5 Å². The molecule has 0 bridgehead atoms. The number of carbonyl (C=O) groups excluding carboxylic acids is 1. The Kier molecular flexibility index (Phi) is 8.23. The van der Waals surface area contributed by atoms with Gasteiger partial charge in [-0.15, -0.1) is 0 Å². The summed E-state index contributed by atoms with van der Waals surface area (Å²) in [6, 6.07) is 19.6. The van der Waals surface area contributed by atoms with Gasteiger partial charge in [0.05, 0.1) is 31.9 Å². The van der Waals surface area contributed by atoms with E-state index in [2.05, 4.69) is 10.5 Å². The average molecular weight is 484 g/mol. The Labute approximate surface area is 198 Å². The van der Waals surface area contributed by atoms with Crippen LogP contribution in [0.2, 0.25) is 0 Å². The van der Waals surface area contributed by atoms with Gasteiger partial charge in [0.2, 0.25) is 10.0 Å². The number of nitrogens with zero attached hydrogens (tertiary/aromatic N) is 2. The van der Waals surface area contributed by atoms with Crippen LogP contribution in [0.25, 0.3) is 0 Å². The van der Waals surface area contributed by atoms with Gasteiger partial charge in [-0.05, 0) is 29.8 Å². The highest BCUT2D eigenvalue weighted by Gasteiger charge is 2.28. The number of carbonyl (C=O) groups is 1. The Balaban J connectivity index is 1.84. The van der Waals surface area contributed by atoms with Crippen molar-refractivity contribution in [1.29, 1.82) is 0 Å². The van der Waals surface area contributed by atoms with E-state index in [0.29, 0.717) is 16.9 Å². The first-order valence-corrected chi connectivity index (χ1v) is 11.6. The number of aromatic hydroxyl groups is 1. The number of rotatable bonds is 10. The highest BCUT2D eigenvalue weighted by molar-refractivity contribution is 7.89. The van der Waals surface area contributed by atoms with Gasteiger partial charge in [0.1, 0.15) is 5.75 Å². The Morgan fingerprint density at radius 3 is 2.35 bits per heavy atom. The highest BCUT2D eigenvalue weighted by Crippen LogP contribution is 2.31. The SMILES string of the molecule is COc1ccc(S(=O)(=O)N(CC(=O)N/N=C\c2ccccc2O)Cc2ccccc2)cc1OC. The van der Waals surface area contributed by atoms with Crippen molar-refractivity contribution in [3.63, 3.8) is 0 Å². The van der Waals surface area contributed by atoms with E-state index in [1.54, 1.807) is 42.5 Å². The second-order valence-electron chi connectivity index (χ2n) is 7.13. The number of sulfonamides is 1. The molecule has 34 heavy (non-hydrogen) atoms. The van der Waals surface area contributed by atoms with Crippen LogP contribution < -0.4 is 14.9 Å². The van der Waals surface area contributed by atoms with Gasteiger partial charge >= 0.3 is 0 Å². The first kappa shape index (κ1) is 24.7. The van der Waals surface area contributed by atoms with Crippen LogP contribution in [-0.4, -0.2) is 50.7 Å². The van der Waals surface area contributed by atoms with Crippen LogP contribution >= 0.6 is 0 Å². The average Bonchev–Trinajstić information content (AvgIpc) is 2.85. The minimum absolute atomic E-state index is 0.00207. The Bertz CT molecular complexity index is 1260. The molecule has 1 amide bonds. The van der Waals surface area contributed by atoms with Gasteiger partial charge in [-0.3, -0.25) is 4.79 Å². The van der Waals surface area contributed by atoms with E-state index < -0.39 is 22.5 Å². The van der Waals surface area contributed by atoms with Crippen LogP contribution in [0.5, 0.6) is 17.2 Å². The summed E-state index contributed by atoms with van der Waals surface area (Å²) in [5.74, 6) is -0.0128. The van der Waals surface area contributed by atoms with Crippen molar-refractivity contribution >= 4 is 22.1 Å². The van der Waals surface area contributed by atoms with Crippen LogP contribution in [0.1, 0.15) is 11.1 Å². The molecule has 0 saturated carbocycles. The van der Waals surface area contributed by atoms with Crippen LogP contribution in [0.15, 0.2) is 82.8 Å². The summed E-state index contributed by atoms with van der Waals surface area (Å²) in [7, 11) is -1.23. The molecule has 0 radical (unpaired) electrons. The quantitative estimate of drug-likeness (QED) is 0.338. The van der Waals surface area contributed by atoms with Gasteiger partial charge in [0, 0.05) is 18.2 Å². The molecule has 0 fully saturated rings. The van der Waals surface area contributed by atoms with E-state index in [0.717, 1.165) is 4.31 Å². The first-order valence-electron chi connectivity index (χ1n) is 10.2. The lowest BCUT2D eigenvalue weighted by molar-refractivity contribution is -0.121. The van der Waals surface area contributed by atoms with Crippen LogP contribution in [-0.2, 0) is 21.4 Å². The number of hydrazone groups is 1. The number of amides is 1. The fourth-order valence-corrected chi connectivity index (χ4v) is 4.51. The zero-order valence-electron chi connectivity index (χ0n) is 18.7. The molecule has 3 aromatic carbocycles. The number of ether oxygens (including phenoxy) is 2. The van der Waals surface area contributed by atoms with Gasteiger partial charge in [-0.25, -0.2) is 13.8 Å². The molecular formula is C24H25N3O6S. The molecule has 9 nitrogen and oxygen atoms in total. The molecule has 0 aliphatic heterocycles. The number of hydrogen-bond donors (Lipinski definition) is 2. The van der Waals surface area contributed by atoms with Gasteiger partial charge < -0.3 is 14.6 Å². The molecule has 178 valence electrons. The number of para-hydroxylation sites is 1. The van der Waals surface area contributed by atoms with Crippen molar-refractivity contribution in [3.8, 4) is 17.2 Å². The zero-order chi connectivity index (χ0) is 24.6. The summed E-state index contributed by atoms with van der Waals surface area (Å²) < 4.78 is 38.4. The standard InChI is InChI=1S/C24H25N3O6S/c1-32-22-13-12-20(14-23(22)33-2)34(30,31)27(16-18-8-4-3-5-9-18)17-24(29)26-25-15-19-10-6-7-11-21(19)28/h3-15,28H,16-17H2,1-2H3,(H,26,29)/b25-15-. The van der Waals surface area contributed by atoms with Gasteiger partial charge in [-0.1, -0.05) is 42.5 Å². The van der Waals surface area contributed by atoms with E-state index in [9.17, 15) is 18.3 Å². The molecule has 2 N–H and O–H groups in total. The van der Waals surface area contributed by atoms with E-state index in [1.165, 1.54) is 44.7 Å². The summed E-state index contributed by atoms with van der Waals surface area (Å²) in [5.41, 5.74) is 3.42. The lowest BCUT2D eigenvalue weighted by atomic mass is 10.2. The molecule has 0 aliphatic rings. The Hall–Kier alpha value is -3.89. The second-order valence-corrected chi connectivity index (χ2v) is 9.07. The summed E-state index contributed by atoms with van der Waals surface area (Å²) >= 11 is 0. The van der Waals surface area contributed by atoms with Crippen molar-refractivity contribution in [2.75, 3.05) is 20.8 Å². The minimum Gasteiger partial charge on any atom is -0.507 e. The summed E-state index contributed by atoms with van der Waals surface area (Å²) in [4.78, 5) is 12.5. The third-order valence-corrected chi connectivity index (χ3v) is 6.63. The fourth-order valence-electron chi connectivity index (χ4n) is 3.11. The fraction of sp³-hybridized carbons (Fsp3) is 0.167. The van der Waals surface area contributed by atoms with Crippen LogP contribution in [0.3, 0.4) is 0 Å². The molecule has 0 aromatic heterocycles.